The van der Waals surface area contributed by atoms with Gasteiger partial charge in [-0.05, 0) is 30.9 Å². The van der Waals surface area contributed by atoms with Crippen molar-refractivity contribution in [3.63, 3.8) is 0 Å². The Kier molecular flexibility index (Phi) is 12.8. The van der Waals surface area contributed by atoms with Gasteiger partial charge in [-0.25, -0.2) is 4.99 Å². The number of piperidine rings is 1. The van der Waals surface area contributed by atoms with E-state index in [1.807, 2.05) is 18.2 Å². The van der Waals surface area contributed by atoms with Crippen LogP contribution in [0, 0.1) is 5.92 Å². The van der Waals surface area contributed by atoms with Crippen molar-refractivity contribution < 1.29 is 9.59 Å². The first-order valence-corrected chi connectivity index (χ1v) is 11.1. The van der Waals surface area contributed by atoms with Crippen LogP contribution in [0.15, 0.2) is 40.2 Å². The minimum Gasteiger partial charge on any atom is -0.359 e. The summed E-state index contributed by atoms with van der Waals surface area (Å²) in [7, 11) is 5.17. The van der Waals surface area contributed by atoms with Gasteiger partial charge in [-0.3, -0.25) is 9.59 Å². The van der Waals surface area contributed by atoms with Gasteiger partial charge in [0, 0.05) is 57.8 Å². The fourth-order valence-corrected chi connectivity index (χ4v) is 3.90. The molecule has 1 aliphatic rings. The predicted octanol–water partition coefficient (Wildman–Crippen LogP) is 2.28. The number of rotatable bonds is 8. The molecular formula is C21H34IN5O2S. The molecule has 1 aromatic carbocycles. The van der Waals surface area contributed by atoms with Gasteiger partial charge in [0.1, 0.15) is 6.54 Å². The van der Waals surface area contributed by atoms with E-state index in [4.69, 9.17) is 0 Å². The van der Waals surface area contributed by atoms with Crippen LogP contribution in [0.1, 0.15) is 19.3 Å². The Morgan fingerprint density at radius 3 is 2.47 bits per heavy atom. The molecular weight excluding hydrogens is 513 g/mol. The second kappa shape index (κ2) is 14.5. The van der Waals surface area contributed by atoms with Gasteiger partial charge >= 0.3 is 0 Å². The molecule has 0 radical (unpaired) electrons. The molecule has 1 aliphatic heterocycles. The molecule has 0 atom stereocenters. The fraction of sp³-hybridized carbons (Fsp3) is 0.571. The normalized spacial score (nSPS) is 14.6. The van der Waals surface area contributed by atoms with Crippen LogP contribution in [-0.2, 0) is 9.59 Å². The third kappa shape index (κ3) is 9.55. The van der Waals surface area contributed by atoms with E-state index >= 15 is 0 Å². The summed E-state index contributed by atoms with van der Waals surface area (Å²) in [6.07, 6.45) is 2.49. The number of hydrogen-bond donors (Lipinski definition) is 2. The van der Waals surface area contributed by atoms with Crippen molar-refractivity contribution >= 4 is 53.5 Å². The van der Waals surface area contributed by atoms with Gasteiger partial charge in [-0.2, -0.15) is 0 Å². The SMILES string of the molecule is CNC(=O)CC1CCN(C(=NCC(=O)N(C)C)NCCSc2ccccc2)CC1.I. The summed E-state index contributed by atoms with van der Waals surface area (Å²) in [6, 6.07) is 10.3. The number of halogens is 1. The van der Waals surface area contributed by atoms with Crippen LogP contribution in [0.25, 0.3) is 0 Å². The van der Waals surface area contributed by atoms with Gasteiger partial charge in [0.2, 0.25) is 11.8 Å². The van der Waals surface area contributed by atoms with Crippen molar-refractivity contribution in [2.75, 3.05) is 53.1 Å². The summed E-state index contributed by atoms with van der Waals surface area (Å²) in [5.74, 6) is 2.19. The van der Waals surface area contributed by atoms with Crippen LogP contribution in [0.2, 0.25) is 0 Å². The highest BCUT2D eigenvalue weighted by Gasteiger charge is 2.23. The maximum atomic E-state index is 12.0. The Hall–Kier alpha value is -1.49. The van der Waals surface area contributed by atoms with Crippen LogP contribution in [0.4, 0.5) is 0 Å². The highest BCUT2D eigenvalue weighted by atomic mass is 127. The molecule has 168 valence electrons. The average Bonchev–Trinajstić information content (AvgIpc) is 2.74. The molecule has 1 saturated heterocycles. The Labute approximate surface area is 201 Å². The first kappa shape index (κ1) is 26.5. The molecule has 7 nitrogen and oxygen atoms in total. The van der Waals surface area contributed by atoms with Crippen LogP contribution in [-0.4, -0.2) is 80.6 Å². The van der Waals surface area contributed by atoms with E-state index in [9.17, 15) is 9.59 Å². The minimum atomic E-state index is -0.0162. The molecule has 0 aliphatic carbocycles. The van der Waals surface area contributed by atoms with E-state index in [0.29, 0.717) is 12.3 Å². The summed E-state index contributed by atoms with van der Waals surface area (Å²) in [5.41, 5.74) is 0. The second-order valence-electron chi connectivity index (χ2n) is 7.32. The molecule has 2 rings (SSSR count). The van der Waals surface area contributed by atoms with E-state index in [2.05, 4.69) is 32.7 Å². The summed E-state index contributed by atoms with van der Waals surface area (Å²) in [5, 5.41) is 6.13. The van der Waals surface area contributed by atoms with E-state index < -0.39 is 0 Å². The van der Waals surface area contributed by atoms with E-state index in [0.717, 1.165) is 44.2 Å². The van der Waals surface area contributed by atoms with E-state index in [1.54, 1.807) is 37.8 Å². The van der Waals surface area contributed by atoms with Crippen LogP contribution in [0.5, 0.6) is 0 Å². The molecule has 2 N–H and O–H groups in total. The molecule has 0 unspecified atom stereocenters. The number of aliphatic imine (C=N–C) groups is 1. The zero-order valence-electron chi connectivity index (χ0n) is 18.1. The highest BCUT2D eigenvalue weighted by Crippen LogP contribution is 2.20. The molecule has 0 aromatic heterocycles. The lowest BCUT2D eigenvalue weighted by atomic mass is 9.93. The van der Waals surface area contributed by atoms with Crippen molar-refractivity contribution in [3.8, 4) is 0 Å². The molecule has 0 saturated carbocycles. The Morgan fingerprint density at radius 2 is 1.87 bits per heavy atom. The quantitative estimate of drug-likeness (QED) is 0.172. The maximum Gasteiger partial charge on any atom is 0.243 e. The number of carbonyl (C=O) groups is 2. The lowest BCUT2D eigenvalue weighted by Gasteiger charge is -2.34. The first-order chi connectivity index (χ1) is 14.0. The second-order valence-corrected chi connectivity index (χ2v) is 8.49. The van der Waals surface area contributed by atoms with Crippen LogP contribution < -0.4 is 10.6 Å². The van der Waals surface area contributed by atoms with Crippen LogP contribution >= 0.6 is 35.7 Å². The van der Waals surface area contributed by atoms with Crippen molar-refractivity contribution in [3.05, 3.63) is 30.3 Å². The van der Waals surface area contributed by atoms with Crippen molar-refractivity contribution in [2.45, 2.75) is 24.2 Å². The first-order valence-electron chi connectivity index (χ1n) is 10.1. The van der Waals surface area contributed by atoms with Crippen LogP contribution in [0.3, 0.4) is 0 Å². The van der Waals surface area contributed by atoms with Gasteiger partial charge in [0.15, 0.2) is 5.96 Å². The zero-order valence-corrected chi connectivity index (χ0v) is 21.2. The van der Waals surface area contributed by atoms with Crippen molar-refractivity contribution in [1.82, 2.24) is 20.4 Å². The third-order valence-corrected chi connectivity index (χ3v) is 5.94. The largest absolute Gasteiger partial charge is 0.359 e. The van der Waals surface area contributed by atoms with Crippen molar-refractivity contribution in [2.24, 2.45) is 10.9 Å². The van der Waals surface area contributed by atoms with E-state index in [-0.39, 0.29) is 42.3 Å². The van der Waals surface area contributed by atoms with Gasteiger partial charge in [-0.15, -0.1) is 35.7 Å². The minimum absolute atomic E-state index is 0. The molecule has 1 heterocycles. The number of carbonyl (C=O) groups excluding carboxylic acids is 2. The zero-order chi connectivity index (χ0) is 21.1. The molecule has 2 amide bonds. The molecule has 1 fully saturated rings. The average molecular weight is 548 g/mol. The summed E-state index contributed by atoms with van der Waals surface area (Å²) < 4.78 is 0. The number of guanidine groups is 1. The number of benzene rings is 1. The topological polar surface area (TPSA) is 77.0 Å². The van der Waals surface area contributed by atoms with E-state index in [1.165, 1.54) is 4.90 Å². The number of likely N-dealkylation sites (N-methyl/N-ethyl adjacent to an activating group) is 1. The lowest BCUT2D eigenvalue weighted by Crippen LogP contribution is -2.47. The summed E-state index contributed by atoms with van der Waals surface area (Å²) >= 11 is 1.79. The molecule has 9 heteroatoms. The molecule has 1 aromatic rings. The number of amides is 2. The Bertz CT molecular complexity index is 679. The summed E-state index contributed by atoms with van der Waals surface area (Å²) in [4.78, 5) is 33.2. The number of likely N-dealkylation sites (tertiary alicyclic amines) is 1. The number of nitrogens with zero attached hydrogens (tertiary/aromatic N) is 3. The number of hydrogen-bond acceptors (Lipinski definition) is 4. The number of nitrogens with one attached hydrogen (secondary N) is 2. The standard InChI is InChI=1S/C21H33N5O2S.HI/c1-22-19(27)15-17-9-12-26(13-10-17)21(24-16-20(28)25(2)3)23-11-14-29-18-7-5-4-6-8-18;/h4-8,17H,9-16H2,1-3H3,(H,22,27)(H,23,24);1H. The lowest BCUT2D eigenvalue weighted by molar-refractivity contribution is -0.127. The number of thioether (sulfide) groups is 1. The van der Waals surface area contributed by atoms with Crippen molar-refractivity contribution in [1.29, 1.82) is 0 Å². The maximum absolute atomic E-state index is 12.0. The third-order valence-electron chi connectivity index (χ3n) is 4.93. The monoisotopic (exact) mass is 547 g/mol. The predicted molar refractivity (Wildman–Crippen MR) is 135 cm³/mol. The summed E-state index contributed by atoms with van der Waals surface area (Å²) in [6.45, 7) is 2.59. The van der Waals surface area contributed by atoms with Gasteiger partial charge in [0.05, 0.1) is 0 Å². The van der Waals surface area contributed by atoms with Gasteiger partial charge < -0.3 is 20.4 Å². The molecule has 30 heavy (non-hydrogen) atoms. The van der Waals surface area contributed by atoms with Gasteiger partial charge in [-0.1, -0.05) is 18.2 Å². The highest BCUT2D eigenvalue weighted by molar-refractivity contribution is 14.0. The van der Waals surface area contributed by atoms with Gasteiger partial charge in [0.25, 0.3) is 0 Å². The smallest absolute Gasteiger partial charge is 0.243 e. The Morgan fingerprint density at radius 1 is 1.20 bits per heavy atom. The molecule has 0 bridgehead atoms. The Balaban J connectivity index is 0.00000450. The fourth-order valence-electron chi connectivity index (χ4n) is 3.11. The molecule has 0 spiro atoms.